The van der Waals surface area contributed by atoms with Crippen LogP contribution in [0.3, 0.4) is 0 Å². The molecule has 2 aliphatic heterocycles. The molecule has 3 atom stereocenters. The number of carbonyl (C=O) groups is 2. The lowest BCUT2D eigenvalue weighted by Crippen LogP contribution is -2.53. The minimum Gasteiger partial charge on any atom is -0.383 e. The first-order chi connectivity index (χ1) is 18.1. The van der Waals surface area contributed by atoms with Gasteiger partial charge in [-0.15, -0.1) is 0 Å². The fraction of sp³-hybridized carbons (Fsp3) is 0.724. The number of alkyl halides is 2. The largest absolute Gasteiger partial charge is 0.383 e. The van der Waals surface area contributed by atoms with E-state index in [1.165, 1.54) is 0 Å². The van der Waals surface area contributed by atoms with Crippen molar-refractivity contribution in [3.05, 3.63) is 35.9 Å². The Kier molecular flexibility index (Phi) is 9.76. The van der Waals surface area contributed by atoms with E-state index in [0.717, 1.165) is 25.7 Å². The molecular weight excluding hydrogens is 490 g/mol. The molecule has 0 spiro atoms. The van der Waals surface area contributed by atoms with Crippen molar-refractivity contribution in [2.75, 3.05) is 40.3 Å². The lowest BCUT2D eigenvalue weighted by Gasteiger charge is -2.41. The number of rotatable bonds is 11. The minimum atomic E-state index is -2.60. The third kappa shape index (κ3) is 7.73. The number of nitrogens with zero attached hydrogens (tertiary/aromatic N) is 3. The lowest BCUT2D eigenvalue weighted by molar-refractivity contribution is -0.142. The number of carbonyl (C=O) groups excluding carboxylic acids is 2. The minimum absolute atomic E-state index is 0.0370. The molecule has 2 saturated heterocycles. The number of piperidine rings is 1. The van der Waals surface area contributed by atoms with Crippen molar-refractivity contribution in [1.29, 1.82) is 0 Å². The summed E-state index contributed by atoms with van der Waals surface area (Å²) in [5.74, 6) is -2.89. The van der Waals surface area contributed by atoms with Crippen LogP contribution in [0, 0.1) is 5.92 Å². The molecule has 7 nitrogen and oxygen atoms in total. The van der Waals surface area contributed by atoms with Gasteiger partial charge in [-0.3, -0.25) is 14.5 Å². The molecule has 2 heterocycles. The van der Waals surface area contributed by atoms with E-state index in [2.05, 4.69) is 10.2 Å². The van der Waals surface area contributed by atoms with Crippen molar-refractivity contribution in [3.8, 4) is 0 Å². The van der Waals surface area contributed by atoms with E-state index in [1.54, 1.807) is 4.90 Å². The first-order valence-electron chi connectivity index (χ1n) is 14.2. The predicted octanol–water partition coefficient (Wildman–Crippen LogP) is 3.38. The Balaban J connectivity index is 1.34. The third-order valence-electron chi connectivity index (χ3n) is 8.65. The average Bonchev–Trinajstić information content (AvgIpc) is 3.13. The number of hydrogen-bond acceptors (Lipinski definition) is 5. The van der Waals surface area contributed by atoms with Gasteiger partial charge >= 0.3 is 0 Å². The molecule has 1 aliphatic carbocycles. The maximum absolute atomic E-state index is 13.7. The van der Waals surface area contributed by atoms with Gasteiger partial charge in [0.1, 0.15) is 6.10 Å². The topological polar surface area (TPSA) is 76.1 Å². The molecule has 1 saturated carbocycles. The van der Waals surface area contributed by atoms with Gasteiger partial charge in [0.15, 0.2) is 0 Å². The van der Waals surface area contributed by atoms with Gasteiger partial charge in [-0.2, -0.15) is 0 Å². The fourth-order valence-electron chi connectivity index (χ4n) is 6.45. The summed E-state index contributed by atoms with van der Waals surface area (Å²) in [6.07, 6.45) is 3.72. The molecule has 9 heteroatoms. The highest BCUT2D eigenvalue weighted by molar-refractivity contribution is 5.94. The van der Waals surface area contributed by atoms with Crippen LogP contribution < -0.4 is 5.32 Å². The summed E-state index contributed by atoms with van der Waals surface area (Å²) in [4.78, 5) is 32.1. The third-order valence-corrected chi connectivity index (χ3v) is 8.65. The van der Waals surface area contributed by atoms with Crippen LogP contribution in [-0.2, 0) is 4.79 Å². The van der Waals surface area contributed by atoms with Crippen LogP contribution in [0.25, 0.3) is 0 Å². The Morgan fingerprint density at radius 1 is 1.05 bits per heavy atom. The highest BCUT2D eigenvalue weighted by Gasteiger charge is 2.42. The number of benzene rings is 1. The Hall–Kier alpha value is -2.10. The molecule has 2 N–H and O–H groups in total. The number of nitrogens with one attached hydrogen (secondary N) is 1. The van der Waals surface area contributed by atoms with Crippen molar-refractivity contribution < 1.29 is 23.5 Å². The van der Waals surface area contributed by atoms with Gasteiger partial charge in [0, 0.05) is 62.7 Å². The second-order valence-electron chi connectivity index (χ2n) is 11.8. The molecule has 4 rings (SSSR count). The number of aliphatic hydroxyl groups is 1. The highest BCUT2D eigenvalue weighted by atomic mass is 19.3. The summed E-state index contributed by atoms with van der Waals surface area (Å²) in [5, 5.41) is 13.8. The molecule has 212 valence electrons. The molecule has 0 radical (unpaired) electrons. The van der Waals surface area contributed by atoms with E-state index in [4.69, 9.17) is 0 Å². The Labute approximate surface area is 225 Å². The predicted molar refractivity (Wildman–Crippen MR) is 143 cm³/mol. The Bertz CT molecular complexity index is 908. The quantitative estimate of drug-likeness (QED) is 0.455. The molecule has 3 fully saturated rings. The van der Waals surface area contributed by atoms with E-state index in [9.17, 15) is 23.5 Å². The zero-order chi connectivity index (χ0) is 27.3. The second-order valence-corrected chi connectivity index (χ2v) is 11.8. The molecule has 0 aromatic heterocycles. The van der Waals surface area contributed by atoms with Crippen molar-refractivity contribution >= 4 is 11.8 Å². The average molecular weight is 535 g/mol. The SMILES string of the molecule is CN(C)CC[C@H](O)C(=O)N(CCN1C2CCC1CC(NC(=O)c1ccccc1)C2)CC1CCC(F)(F)CC1. The molecule has 2 amide bonds. The monoisotopic (exact) mass is 534 g/mol. The van der Waals surface area contributed by atoms with Crippen LogP contribution in [-0.4, -0.2) is 102 Å². The standard InChI is InChI=1S/C29H44F2N4O3/c1-33(2)15-12-26(36)28(38)34(20-21-10-13-29(30,31)14-11-21)16-17-35-24-8-9-25(35)19-23(18-24)32-27(37)22-6-4-3-5-7-22/h3-7,21,23-26,36H,8-20H2,1-2H3,(H,32,37)/t23?,24?,25?,26-/m0/s1. The number of aliphatic hydroxyl groups excluding tert-OH is 1. The summed E-state index contributed by atoms with van der Waals surface area (Å²) >= 11 is 0. The molecule has 1 aromatic rings. The summed E-state index contributed by atoms with van der Waals surface area (Å²) in [7, 11) is 3.80. The smallest absolute Gasteiger partial charge is 0.251 e. The fourth-order valence-corrected chi connectivity index (χ4v) is 6.45. The van der Waals surface area contributed by atoms with Crippen LogP contribution in [0.2, 0.25) is 0 Å². The molecule has 38 heavy (non-hydrogen) atoms. The van der Waals surface area contributed by atoms with Gasteiger partial charge in [-0.1, -0.05) is 18.2 Å². The van der Waals surface area contributed by atoms with Crippen LogP contribution >= 0.6 is 0 Å². The summed E-state index contributed by atoms with van der Waals surface area (Å²) in [6.45, 7) is 2.21. The van der Waals surface area contributed by atoms with E-state index in [1.807, 2.05) is 49.3 Å². The number of halogens is 2. The summed E-state index contributed by atoms with van der Waals surface area (Å²) < 4.78 is 27.4. The van der Waals surface area contributed by atoms with Crippen molar-refractivity contribution in [2.24, 2.45) is 5.92 Å². The van der Waals surface area contributed by atoms with E-state index >= 15 is 0 Å². The molecular formula is C29H44F2N4O3. The first-order valence-corrected chi connectivity index (χ1v) is 14.2. The maximum Gasteiger partial charge on any atom is 0.251 e. The Morgan fingerprint density at radius 3 is 2.29 bits per heavy atom. The second kappa shape index (κ2) is 12.8. The number of amides is 2. The summed E-state index contributed by atoms with van der Waals surface area (Å²) in [6, 6.07) is 10.1. The zero-order valence-corrected chi connectivity index (χ0v) is 22.8. The molecule has 2 unspecified atom stereocenters. The van der Waals surface area contributed by atoms with Gasteiger partial charge < -0.3 is 20.2 Å². The van der Waals surface area contributed by atoms with Gasteiger partial charge in [0.25, 0.3) is 11.8 Å². The van der Waals surface area contributed by atoms with Crippen LogP contribution in [0.15, 0.2) is 30.3 Å². The molecule has 1 aromatic carbocycles. The van der Waals surface area contributed by atoms with Crippen molar-refractivity contribution in [2.45, 2.75) is 87.9 Å². The van der Waals surface area contributed by atoms with E-state index in [0.29, 0.717) is 63.1 Å². The molecule has 3 aliphatic rings. The maximum atomic E-state index is 13.7. The highest BCUT2D eigenvalue weighted by Crippen LogP contribution is 2.37. The van der Waals surface area contributed by atoms with E-state index < -0.39 is 12.0 Å². The van der Waals surface area contributed by atoms with E-state index in [-0.39, 0.29) is 36.6 Å². The van der Waals surface area contributed by atoms with Gasteiger partial charge in [-0.25, -0.2) is 8.78 Å². The van der Waals surface area contributed by atoms with Crippen molar-refractivity contribution in [1.82, 2.24) is 20.0 Å². The van der Waals surface area contributed by atoms with Gasteiger partial charge in [0.05, 0.1) is 0 Å². The van der Waals surface area contributed by atoms with Gasteiger partial charge in [0.2, 0.25) is 5.92 Å². The number of fused-ring (bicyclic) bond motifs is 2. The number of hydrogen-bond donors (Lipinski definition) is 2. The molecule has 2 bridgehead atoms. The zero-order valence-electron chi connectivity index (χ0n) is 22.8. The Morgan fingerprint density at radius 2 is 1.68 bits per heavy atom. The normalized spacial score (nSPS) is 26.3. The lowest BCUT2D eigenvalue weighted by atomic mass is 9.86. The summed E-state index contributed by atoms with van der Waals surface area (Å²) in [5.41, 5.74) is 0.671. The van der Waals surface area contributed by atoms with Crippen LogP contribution in [0.5, 0.6) is 0 Å². The van der Waals surface area contributed by atoms with Crippen LogP contribution in [0.4, 0.5) is 8.78 Å². The van der Waals surface area contributed by atoms with Crippen molar-refractivity contribution in [3.63, 3.8) is 0 Å². The van der Waals surface area contributed by atoms with Gasteiger partial charge in [-0.05, 0) is 77.1 Å². The van der Waals surface area contributed by atoms with Crippen LogP contribution in [0.1, 0.15) is 68.1 Å². The first kappa shape index (κ1) is 28.9.